The van der Waals surface area contributed by atoms with E-state index < -0.39 is 21.3 Å². The first-order valence-electron chi connectivity index (χ1n) is 14.1. The van der Waals surface area contributed by atoms with Gasteiger partial charge in [-0.3, -0.25) is 4.57 Å². The average molecular weight is 699 g/mol. The quantitative estimate of drug-likeness (QED) is 0.0892. The highest BCUT2D eigenvalue weighted by molar-refractivity contribution is 7.98. The number of hydrogen-bond acceptors (Lipinski definition) is 5. The molecule has 242 valence electrons. The minimum absolute atomic E-state index is 0.0554. The molecule has 1 aromatic heterocycles. The summed E-state index contributed by atoms with van der Waals surface area (Å²) in [6, 6.07) is 13.8. The number of rotatable bonds is 13. The standard InChI is InChI=1S/C32H37Cl2F2N4O3S2/c1-32(2,22-8-13-25(33)28(17-22)43-6)30-19-37-31(39(30)24-11-9-23(35)10-12-24)44-20-21-16-29(26(34)18-27(21)36)45(41,42)38-14-7-15-40(3,4)5/h8-13,16-19,38H,7,14-15,20H2,1-6H3/q+1. The molecule has 0 aliphatic heterocycles. The summed E-state index contributed by atoms with van der Waals surface area (Å²) in [5, 5.41) is 0.782. The van der Waals surface area contributed by atoms with Crippen LogP contribution in [0.5, 0.6) is 5.75 Å². The number of imidazole rings is 1. The van der Waals surface area contributed by atoms with Gasteiger partial charge in [0.2, 0.25) is 10.0 Å². The van der Waals surface area contributed by atoms with Crippen LogP contribution in [0.25, 0.3) is 5.69 Å². The molecular formula is C32H37Cl2F2N4O3S2+. The minimum Gasteiger partial charge on any atom is -0.495 e. The Bertz CT molecular complexity index is 1770. The number of quaternary nitrogens is 1. The molecule has 45 heavy (non-hydrogen) atoms. The number of hydrogen-bond donors (Lipinski definition) is 1. The highest BCUT2D eigenvalue weighted by atomic mass is 35.5. The van der Waals surface area contributed by atoms with Crippen LogP contribution < -0.4 is 9.46 Å². The fourth-order valence-corrected chi connectivity index (χ4v) is 7.58. The summed E-state index contributed by atoms with van der Waals surface area (Å²) in [5.41, 5.74) is 1.85. The van der Waals surface area contributed by atoms with Crippen molar-refractivity contribution in [2.45, 2.75) is 41.5 Å². The zero-order valence-electron chi connectivity index (χ0n) is 26.0. The Morgan fingerprint density at radius 3 is 2.36 bits per heavy atom. The monoisotopic (exact) mass is 697 g/mol. The van der Waals surface area contributed by atoms with Crippen LogP contribution >= 0.6 is 35.0 Å². The van der Waals surface area contributed by atoms with Gasteiger partial charge in [0.15, 0.2) is 5.16 Å². The maximum Gasteiger partial charge on any atom is 0.242 e. The Morgan fingerprint density at radius 2 is 1.71 bits per heavy atom. The summed E-state index contributed by atoms with van der Waals surface area (Å²) in [6.45, 7) is 5.03. The molecule has 0 amide bonds. The lowest BCUT2D eigenvalue weighted by Crippen LogP contribution is -2.37. The third-order valence-electron chi connectivity index (χ3n) is 7.37. The molecule has 1 heterocycles. The number of sulfonamides is 1. The molecule has 0 saturated carbocycles. The molecule has 13 heteroatoms. The Balaban J connectivity index is 1.67. The smallest absolute Gasteiger partial charge is 0.242 e. The molecule has 3 aromatic carbocycles. The Kier molecular flexibility index (Phi) is 10.9. The fourth-order valence-electron chi connectivity index (χ4n) is 4.78. The van der Waals surface area contributed by atoms with Gasteiger partial charge in [-0.1, -0.05) is 54.9 Å². The van der Waals surface area contributed by atoms with E-state index >= 15 is 4.39 Å². The van der Waals surface area contributed by atoms with Gasteiger partial charge >= 0.3 is 0 Å². The molecule has 0 atom stereocenters. The van der Waals surface area contributed by atoms with Gasteiger partial charge in [0.25, 0.3) is 0 Å². The van der Waals surface area contributed by atoms with Crippen LogP contribution in [0.4, 0.5) is 8.78 Å². The minimum atomic E-state index is -3.98. The van der Waals surface area contributed by atoms with Gasteiger partial charge in [-0.2, -0.15) is 0 Å². The van der Waals surface area contributed by atoms with Crippen molar-refractivity contribution >= 4 is 45.0 Å². The van der Waals surface area contributed by atoms with Gasteiger partial charge in [0.05, 0.1) is 56.7 Å². The first-order chi connectivity index (χ1) is 21.0. The second kappa shape index (κ2) is 14.0. The van der Waals surface area contributed by atoms with Crippen molar-refractivity contribution in [1.82, 2.24) is 14.3 Å². The van der Waals surface area contributed by atoms with E-state index in [-0.39, 0.29) is 33.6 Å². The van der Waals surface area contributed by atoms with Crippen LogP contribution in [-0.2, 0) is 21.2 Å². The summed E-state index contributed by atoms with van der Waals surface area (Å²) in [7, 11) is 3.63. The summed E-state index contributed by atoms with van der Waals surface area (Å²) in [5.74, 6) is -0.444. The van der Waals surface area contributed by atoms with E-state index in [1.807, 2.05) is 51.7 Å². The highest BCUT2D eigenvalue weighted by Gasteiger charge is 2.31. The van der Waals surface area contributed by atoms with Crippen LogP contribution in [0, 0.1) is 11.6 Å². The lowest BCUT2D eigenvalue weighted by atomic mass is 9.81. The largest absolute Gasteiger partial charge is 0.495 e. The normalized spacial score (nSPS) is 12.5. The Labute approximate surface area is 278 Å². The molecule has 0 fully saturated rings. The van der Waals surface area contributed by atoms with Gasteiger partial charge in [0, 0.05) is 29.8 Å². The molecule has 0 aliphatic carbocycles. The van der Waals surface area contributed by atoms with Crippen molar-refractivity contribution in [3.63, 3.8) is 0 Å². The molecule has 0 aliphatic rings. The lowest BCUT2D eigenvalue weighted by molar-refractivity contribution is -0.870. The van der Waals surface area contributed by atoms with E-state index in [1.54, 1.807) is 31.5 Å². The van der Waals surface area contributed by atoms with E-state index in [9.17, 15) is 12.8 Å². The van der Waals surface area contributed by atoms with E-state index in [4.69, 9.17) is 27.9 Å². The maximum absolute atomic E-state index is 15.1. The van der Waals surface area contributed by atoms with Gasteiger partial charge in [-0.15, -0.1) is 0 Å². The average Bonchev–Trinajstić information content (AvgIpc) is 3.39. The van der Waals surface area contributed by atoms with Gasteiger partial charge in [-0.05, 0) is 59.7 Å². The maximum atomic E-state index is 15.1. The molecule has 0 unspecified atom stereocenters. The molecule has 4 aromatic rings. The van der Waals surface area contributed by atoms with E-state index in [1.165, 1.54) is 30.0 Å². The molecule has 0 radical (unpaired) electrons. The zero-order valence-corrected chi connectivity index (χ0v) is 29.1. The molecular weight excluding hydrogens is 661 g/mol. The molecule has 7 nitrogen and oxygen atoms in total. The fraction of sp³-hybridized carbons (Fsp3) is 0.344. The molecule has 1 N–H and O–H groups in total. The molecule has 0 spiro atoms. The van der Waals surface area contributed by atoms with Gasteiger partial charge in [0.1, 0.15) is 22.3 Å². The van der Waals surface area contributed by atoms with Crippen LogP contribution in [0.15, 0.2) is 70.8 Å². The summed E-state index contributed by atoms with van der Waals surface area (Å²) < 4.78 is 65.9. The predicted octanol–water partition coefficient (Wildman–Crippen LogP) is 7.46. The number of aromatic nitrogens is 2. The van der Waals surface area contributed by atoms with Gasteiger partial charge in [-0.25, -0.2) is 26.9 Å². The number of methoxy groups -OCH3 is 1. The topological polar surface area (TPSA) is 73.2 Å². The summed E-state index contributed by atoms with van der Waals surface area (Å²) in [6.07, 6.45) is 2.35. The molecule has 4 rings (SSSR count). The summed E-state index contributed by atoms with van der Waals surface area (Å²) in [4.78, 5) is 4.48. The second-order valence-electron chi connectivity index (χ2n) is 12.1. The first kappa shape index (κ1) is 35.2. The molecule has 0 saturated heterocycles. The Morgan fingerprint density at radius 1 is 1.02 bits per heavy atom. The number of halogens is 4. The highest BCUT2D eigenvalue weighted by Crippen LogP contribution is 2.39. The van der Waals surface area contributed by atoms with E-state index in [2.05, 4.69) is 9.71 Å². The number of thioether (sulfide) groups is 1. The van der Waals surface area contributed by atoms with Crippen molar-refractivity contribution in [3.05, 3.63) is 99.3 Å². The van der Waals surface area contributed by atoms with Gasteiger partial charge < -0.3 is 9.22 Å². The third kappa shape index (κ3) is 8.38. The Hall–Kier alpha value is -2.67. The van der Waals surface area contributed by atoms with Crippen LogP contribution in [0.1, 0.15) is 37.1 Å². The number of nitrogens with one attached hydrogen (secondary N) is 1. The lowest BCUT2D eigenvalue weighted by Gasteiger charge is -2.28. The zero-order chi connectivity index (χ0) is 33.2. The van der Waals surface area contributed by atoms with Crippen molar-refractivity contribution in [2.75, 3.05) is 41.3 Å². The van der Waals surface area contributed by atoms with E-state index in [0.717, 1.165) is 23.9 Å². The number of ether oxygens (including phenoxy) is 1. The van der Waals surface area contributed by atoms with Crippen LogP contribution in [0.3, 0.4) is 0 Å². The number of nitrogens with zero attached hydrogens (tertiary/aromatic N) is 3. The van der Waals surface area contributed by atoms with Crippen LogP contribution in [0.2, 0.25) is 10.0 Å². The van der Waals surface area contributed by atoms with Crippen molar-refractivity contribution in [2.24, 2.45) is 0 Å². The first-order valence-corrected chi connectivity index (χ1v) is 17.3. The second-order valence-corrected chi connectivity index (χ2v) is 15.6. The van der Waals surface area contributed by atoms with Crippen molar-refractivity contribution in [1.29, 1.82) is 0 Å². The number of benzene rings is 3. The van der Waals surface area contributed by atoms with E-state index in [0.29, 0.717) is 32.5 Å². The molecule has 0 bridgehead atoms. The van der Waals surface area contributed by atoms with Crippen molar-refractivity contribution in [3.8, 4) is 11.4 Å². The third-order valence-corrected chi connectivity index (χ3v) is 10.6. The van der Waals surface area contributed by atoms with Crippen molar-refractivity contribution < 1.29 is 26.4 Å². The predicted molar refractivity (Wildman–Crippen MR) is 177 cm³/mol. The summed E-state index contributed by atoms with van der Waals surface area (Å²) >= 11 is 13.7. The van der Waals surface area contributed by atoms with Crippen LogP contribution in [-0.4, -0.2) is 63.8 Å². The SMILES string of the molecule is COc1cc(C(C)(C)c2cnc(SCc3cc(S(=O)(=O)NCCC[N+](C)(C)C)c(Cl)cc3F)n2-c2ccc(F)cc2)ccc1Cl.